The van der Waals surface area contributed by atoms with Gasteiger partial charge in [-0.1, -0.05) is 17.7 Å². The lowest BCUT2D eigenvalue weighted by Crippen LogP contribution is -2.29. The van der Waals surface area contributed by atoms with Crippen LogP contribution in [-0.4, -0.2) is 27.6 Å². The SMILES string of the molecule is Cc1ccc(OCC(O)Cn2nc(-c3ccco3)oc2=O)c(C)c1. The maximum atomic E-state index is 11.8. The van der Waals surface area contributed by atoms with Crippen LogP contribution >= 0.6 is 0 Å². The van der Waals surface area contributed by atoms with Crippen LogP contribution < -0.4 is 10.5 Å². The quantitative estimate of drug-likeness (QED) is 0.745. The second-order valence-corrected chi connectivity index (χ2v) is 5.57. The highest BCUT2D eigenvalue weighted by molar-refractivity contribution is 5.42. The van der Waals surface area contributed by atoms with Gasteiger partial charge in [-0.3, -0.25) is 0 Å². The van der Waals surface area contributed by atoms with Crippen LogP contribution in [0.15, 0.2) is 50.2 Å². The van der Waals surface area contributed by atoms with Crippen LogP contribution in [0.4, 0.5) is 0 Å². The van der Waals surface area contributed by atoms with E-state index < -0.39 is 11.9 Å². The van der Waals surface area contributed by atoms with Gasteiger partial charge in [0.05, 0.1) is 12.8 Å². The van der Waals surface area contributed by atoms with Gasteiger partial charge >= 0.3 is 5.76 Å². The lowest BCUT2D eigenvalue weighted by Gasteiger charge is -2.13. The van der Waals surface area contributed by atoms with Crippen molar-refractivity contribution >= 4 is 0 Å². The van der Waals surface area contributed by atoms with Crippen molar-refractivity contribution in [3.63, 3.8) is 0 Å². The van der Waals surface area contributed by atoms with Gasteiger partial charge in [0.1, 0.15) is 18.5 Å². The summed E-state index contributed by atoms with van der Waals surface area (Å²) in [5.74, 6) is 0.467. The van der Waals surface area contributed by atoms with Crippen molar-refractivity contribution in [2.24, 2.45) is 0 Å². The first-order valence-corrected chi connectivity index (χ1v) is 7.53. The third-order valence-corrected chi connectivity index (χ3v) is 3.48. The van der Waals surface area contributed by atoms with E-state index in [-0.39, 0.29) is 19.0 Å². The Hall–Kier alpha value is -2.80. The fourth-order valence-electron chi connectivity index (χ4n) is 2.32. The number of rotatable bonds is 6. The zero-order chi connectivity index (χ0) is 17.1. The minimum absolute atomic E-state index is 0.0338. The number of ether oxygens (including phenoxy) is 1. The van der Waals surface area contributed by atoms with Crippen LogP contribution in [-0.2, 0) is 6.54 Å². The fourth-order valence-corrected chi connectivity index (χ4v) is 2.32. The van der Waals surface area contributed by atoms with Gasteiger partial charge < -0.3 is 18.7 Å². The first-order valence-electron chi connectivity index (χ1n) is 7.53. The van der Waals surface area contributed by atoms with Crippen LogP contribution in [0.2, 0.25) is 0 Å². The molecule has 3 rings (SSSR count). The van der Waals surface area contributed by atoms with E-state index in [0.717, 1.165) is 15.8 Å². The Labute approximate surface area is 138 Å². The van der Waals surface area contributed by atoms with E-state index in [1.807, 2.05) is 32.0 Å². The molecule has 0 aliphatic carbocycles. The lowest BCUT2D eigenvalue weighted by atomic mass is 10.1. The molecule has 1 aromatic carbocycles. The topological polar surface area (TPSA) is 90.6 Å². The summed E-state index contributed by atoms with van der Waals surface area (Å²) in [6.07, 6.45) is 0.555. The normalized spacial score (nSPS) is 12.3. The molecule has 126 valence electrons. The van der Waals surface area contributed by atoms with E-state index in [2.05, 4.69) is 5.10 Å². The summed E-state index contributed by atoms with van der Waals surface area (Å²) in [4.78, 5) is 11.8. The summed E-state index contributed by atoms with van der Waals surface area (Å²) in [6, 6.07) is 9.09. The van der Waals surface area contributed by atoms with Crippen molar-refractivity contribution in [2.75, 3.05) is 6.61 Å². The molecule has 7 nitrogen and oxygen atoms in total. The molecule has 0 amide bonds. The van der Waals surface area contributed by atoms with Crippen molar-refractivity contribution in [3.05, 3.63) is 58.3 Å². The number of aromatic nitrogens is 2. The fraction of sp³-hybridized carbons (Fsp3) is 0.294. The standard InChI is InChI=1S/C17H18N2O5/c1-11-5-6-14(12(2)8-11)23-10-13(20)9-19-17(21)24-16(18-19)15-4-3-7-22-15/h3-8,13,20H,9-10H2,1-2H3. The molecule has 3 aromatic rings. The average molecular weight is 330 g/mol. The highest BCUT2D eigenvalue weighted by Gasteiger charge is 2.16. The van der Waals surface area contributed by atoms with E-state index in [9.17, 15) is 9.90 Å². The van der Waals surface area contributed by atoms with Gasteiger partial charge in [-0.05, 0) is 37.6 Å². The van der Waals surface area contributed by atoms with Crippen molar-refractivity contribution in [3.8, 4) is 17.4 Å². The van der Waals surface area contributed by atoms with Crippen molar-refractivity contribution in [1.82, 2.24) is 9.78 Å². The van der Waals surface area contributed by atoms with Crippen LogP contribution in [0, 0.1) is 13.8 Å². The van der Waals surface area contributed by atoms with Gasteiger partial charge in [-0.2, -0.15) is 4.68 Å². The van der Waals surface area contributed by atoms with Gasteiger partial charge in [0.15, 0.2) is 5.76 Å². The molecule has 2 aromatic heterocycles. The Balaban J connectivity index is 1.63. The number of hydrogen-bond acceptors (Lipinski definition) is 6. The number of hydrogen-bond donors (Lipinski definition) is 1. The summed E-state index contributed by atoms with van der Waals surface area (Å²) in [6.45, 7) is 3.94. The summed E-state index contributed by atoms with van der Waals surface area (Å²) in [5, 5.41) is 14.1. The van der Waals surface area contributed by atoms with Crippen molar-refractivity contribution in [2.45, 2.75) is 26.5 Å². The molecule has 1 atom stereocenters. The molecule has 0 spiro atoms. The molecule has 2 heterocycles. The van der Waals surface area contributed by atoms with E-state index in [4.69, 9.17) is 13.6 Å². The summed E-state index contributed by atoms with van der Waals surface area (Å²) in [7, 11) is 0. The Bertz CT molecular complexity index is 863. The van der Waals surface area contributed by atoms with Crippen LogP contribution in [0.3, 0.4) is 0 Å². The predicted octanol–water partition coefficient (Wildman–Crippen LogP) is 2.15. The minimum atomic E-state index is -0.905. The maximum absolute atomic E-state index is 11.8. The first kappa shape index (κ1) is 16.1. The second-order valence-electron chi connectivity index (χ2n) is 5.57. The van der Waals surface area contributed by atoms with Crippen molar-refractivity contribution in [1.29, 1.82) is 0 Å². The van der Waals surface area contributed by atoms with Gasteiger partial charge in [0.2, 0.25) is 0 Å². The molecule has 0 fully saturated rings. The zero-order valence-electron chi connectivity index (χ0n) is 13.4. The van der Waals surface area contributed by atoms with Crippen molar-refractivity contribution < 1.29 is 18.7 Å². The molecule has 24 heavy (non-hydrogen) atoms. The van der Waals surface area contributed by atoms with Gasteiger partial charge in [0, 0.05) is 0 Å². The third kappa shape index (κ3) is 3.57. The number of aliphatic hydroxyl groups is 1. The van der Waals surface area contributed by atoms with E-state index in [1.165, 1.54) is 6.26 Å². The second kappa shape index (κ2) is 6.76. The number of benzene rings is 1. The molecule has 1 unspecified atom stereocenters. The molecular weight excluding hydrogens is 312 g/mol. The van der Waals surface area contributed by atoms with Crippen LogP contribution in [0.1, 0.15) is 11.1 Å². The van der Waals surface area contributed by atoms with Gasteiger partial charge in [-0.15, -0.1) is 5.10 Å². The zero-order valence-corrected chi connectivity index (χ0v) is 13.4. The molecule has 0 saturated heterocycles. The Morgan fingerprint density at radius 1 is 1.33 bits per heavy atom. The first-order chi connectivity index (χ1) is 11.5. The molecule has 0 aliphatic heterocycles. The van der Waals surface area contributed by atoms with E-state index in [1.54, 1.807) is 12.1 Å². The largest absolute Gasteiger partial charge is 0.491 e. The Morgan fingerprint density at radius 2 is 2.17 bits per heavy atom. The van der Waals surface area contributed by atoms with E-state index >= 15 is 0 Å². The summed E-state index contributed by atoms with van der Waals surface area (Å²) < 4.78 is 16.8. The monoisotopic (exact) mass is 330 g/mol. The van der Waals surface area contributed by atoms with Crippen LogP contribution in [0.5, 0.6) is 5.75 Å². The summed E-state index contributed by atoms with van der Waals surface area (Å²) >= 11 is 0. The number of furan rings is 1. The molecule has 0 aliphatic rings. The third-order valence-electron chi connectivity index (χ3n) is 3.48. The number of nitrogens with zero attached hydrogens (tertiary/aromatic N) is 2. The molecule has 0 bridgehead atoms. The highest BCUT2D eigenvalue weighted by atomic mass is 16.5. The smallest absolute Gasteiger partial charge is 0.437 e. The molecule has 1 N–H and O–H groups in total. The Kier molecular flexibility index (Phi) is 4.52. The summed E-state index contributed by atoms with van der Waals surface area (Å²) in [5.41, 5.74) is 2.13. The molecule has 0 radical (unpaired) electrons. The average Bonchev–Trinajstić information content (AvgIpc) is 3.17. The Morgan fingerprint density at radius 3 is 2.88 bits per heavy atom. The maximum Gasteiger partial charge on any atom is 0.437 e. The molecular formula is C17H18N2O5. The van der Waals surface area contributed by atoms with E-state index in [0.29, 0.717) is 11.5 Å². The predicted molar refractivity (Wildman–Crippen MR) is 85.9 cm³/mol. The highest BCUT2D eigenvalue weighted by Crippen LogP contribution is 2.19. The van der Waals surface area contributed by atoms with Gasteiger partial charge in [0.25, 0.3) is 5.89 Å². The molecule has 0 saturated carbocycles. The number of aryl methyl sites for hydroxylation is 2. The van der Waals surface area contributed by atoms with Crippen LogP contribution in [0.25, 0.3) is 11.7 Å². The lowest BCUT2D eigenvalue weighted by molar-refractivity contribution is 0.0872. The molecule has 7 heteroatoms. The number of aliphatic hydroxyl groups excluding tert-OH is 1. The minimum Gasteiger partial charge on any atom is -0.491 e. The van der Waals surface area contributed by atoms with Gasteiger partial charge in [-0.25, -0.2) is 4.79 Å².